The van der Waals surface area contributed by atoms with Crippen LogP contribution in [0.25, 0.3) is 6.08 Å². The Morgan fingerprint density at radius 3 is 2.88 bits per heavy atom. The molecule has 4 aliphatic heterocycles. The zero-order valence-corrected chi connectivity index (χ0v) is 18.3. The molecule has 2 N–H and O–H groups in total. The molecule has 5 rings (SSSR count). The van der Waals surface area contributed by atoms with Gasteiger partial charge in [-0.15, -0.1) is 0 Å². The van der Waals surface area contributed by atoms with Crippen LogP contribution in [0.2, 0.25) is 0 Å². The van der Waals surface area contributed by atoms with Gasteiger partial charge in [0.2, 0.25) is 11.8 Å². The molecule has 1 aromatic rings. The highest BCUT2D eigenvalue weighted by Crippen LogP contribution is 2.35. The Morgan fingerprint density at radius 1 is 1.28 bits per heavy atom. The molecular formula is C24H29N3O5. The second kappa shape index (κ2) is 8.01. The molecule has 0 aliphatic carbocycles. The van der Waals surface area contributed by atoms with Crippen LogP contribution in [0, 0.1) is 5.92 Å². The number of hydrogen-bond acceptors (Lipinski definition) is 5. The van der Waals surface area contributed by atoms with Crippen molar-refractivity contribution in [2.45, 2.75) is 50.4 Å². The van der Waals surface area contributed by atoms with Crippen molar-refractivity contribution >= 4 is 29.5 Å². The van der Waals surface area contributed by atoms with Gasteiger partial charge in [-0.3, -0.25) is 14.4 Å². The van der Waals surface area contributed by atoms with Crippen molar-refractivity contribution in [1.82, 2.24) is 9.80 Å². The van der Waals surface area contributed by atoms with E-state index in [1.54, 1.807) is 22.8 Å². The molecule has 0 saturated carbocycles. The summed E-state index contributed by atoms with van der Waals surface area (Å²) in [7, 11) is 0. The number of nitrogens with one attached hydrogen (secondary N) is 1. The monoisotopic (exact) mass is 439 g/mol. The lowest BCUT2D eigenvalue weighted by molar-refractivity contribution is -0.145. The number of piperidine rings is 1. The van der Waals surface area contributed by atoms with E-state index in [-0.39, 0.29) is 42.2 Å². The molecule has 1 unspecified atom stereocenters. The van der Waals surface area contributed by atoms with Crippen molar-refractivity contribution < 1.29 is 24.2 Å². The first-order valence-electron chi connectivity index (χ1n) is 11.3. The average molecular weight is 440 g/mol. The molecule has 4 aliphatic rings. The lowest BCUT2D eigenvalue weighted by Crippen LogP contribution is -2.55. The third-order valence-electron chi connectivity index (χ3n) is 7.07. The van der Waals surface area contributed by atoms with Crippen molar-refractivity contribution in [2.24, 2.45) is 5.92 Å². The molecule has 0 spiro atoms. The van der Waals surface area contributed by atoms with Gasteiger partial charge in [0.15, 0.2) is 0 Å². The molecule has 170 valence electrons. The highest BCUT2D eigenvalue weighted by atomic mass is 16.5. The molecule has 3 fully saturated rings. The number of β-amino-alcohol motifs (C(OH)–C–C–N with tert-alkyl or cyclic N) is 1. The van der Waals surface area contributed by atoms with Gasteiger partial charge < -0.3 is 25.0 Å². The minimum Gasteiger partial charge on any atom is -0.388 e. The third-order valence-corrected chi connectivity index (χ3v) is 7.07. The number of anilines is 1. The highest BCUT2D eigenvalue weighted by Gasteiger charge is 2.47. The number of nitrogens with zero attached hydrogens (tertiary/aromatic N) is 2. The van der Waals surface area contributed by atoms with Gasteiger partial charge in [0.1, 0.15) is 0 Å². The fourth-order valence-electron chi connectivity index (χ4n) is 5.42. The highest BCUT2D eigenvalue weighted by molar-refractivity contribution is 6.08. The summed E-state index contributed by atoms with van der Waals surface area (Å²) < 4.78 is 5.90. The molecule has 32 heavy (non-hydrogen) atoms. The quantitative estimate of drug-likeness (QED) is 0.726. The fraction of sp³-hybridized carbons (Fsp3) is 0.542. The van der Waals surface area contributed by atoms with E-state index < -0.39 is 5.60 Å². The number of ether oxygens (including phenoxy) is 1. The topological polar surface area (TPSA) is 99.2 Å². The van der Waals surface area contributed by atoms with Crippen LogP contribution in [0.15, 0.2) is 29.8 Å². The number of likely N-dealkylation sites (tertiary alicyclic amines) is 2. The molecule has 3 saturated heterocycles. The molecule has 4 atom stereocenters. The van der Waals surface area contributed by atoms with Crippen molar-refractivity contribution in [3.8, 4) is 0 Å². The summed E-state index contributed by atoms with van der Waals surface area (Å²) in [6.45, 7) is 3.44. The number of para-hydroxylation sites is 1. The average Bonchev–Trinajstić information content (AvgIpc) is 3.34. The van der Waals surface area contributed by atoms with Crippen molar-refractivity contribution in [2.75, 3.05) is 31.6 Å². The molecule has 8 heteroatoms. The standard InChI is InChI=1S/C24H29N3O5/c1-24(31)7-8-26(14-24)22(29)17-11-20-19(6-9-32-20)27(13-17)23(30)16-10-15-4-2-3-5-18(15)25-21(28)12-16/h2-5,10,17,19-20,31H,6-9,11-14H2,1H3,(H,25,28)/t17-,19-,20-,24?/m1/s1. The molecule has 0 bridgehead atoms. The predicted molar refractivity (Wildman–Crippen MR) is 117 cm³/mol. The van der Waals surface area contributed by atoms with Crippen LogP contribution in [0.4, 0.5) is 5.69 Å². The maximum absolute atomic E-state index is 13.7. The molecule has 8 nitrogen and oxygen atoms in total. The number of fused-ring (bicyclic) bond motifs is 2. The summed E-state index contributed by atoms with van der Waals surface area (Å²) in [5, 5.41) is 13.1. The van der Waals surface area contributed by atoms with Crippen molar-refractivity contribution in [1.29, 1.82) is 0 Å². The van der Waals surface area contributed by atoms with Gasteiger partial charge in [0.25, 0.3) is 5.91 Å². The van der Waals surface area contributed by atoms with E-state index in [9.17, 15) is 19.5 Å². The SMILES string of the molecule is CC1(O)CCN(C(=O)[C@@H]2C[C@H]3OCC[C@H]3N(C(=O)C3=Cc4ccccc4NC(=O)C3)C2)C1. The molecule has 0 radical (unpaired) electrons. The molecule has 4 heterocycles. The predicted octanol–water partition coefficient (Wildman–Crippen LogP) is 1.40. The Kier molecular flexibility index (Phi) is 5.29. The van der Waals surface area contributed by atoms with Crippen molar-refractivity contribution in [3.63, 3.8) is 0 Å². The molecule has 3 amide bonds. The summed E-state index contributed by atoms with van der Waals surface area (Å²) in [5.41, 5.74) is 1.05. The lowest BCUT2D eigenvalue weighted by Gasteiger charge is -2.41. The van der Waals surface area contributed by atoms with E-state index in [2.05, 4.69) is 5.32 Å². The minimum atomic E-state index is -0.863. The summed E-state index contributed by atoms with van der Waals surface area (Å²) in [6, 6.07) is 7.32. The van der Waals surface area contributed by atoms with Gasteiger partial charge in [-0.25, -0.2) is 0 Å². The van der Waals surface area contributed by atoms with E-state index in [4.69, 9.17) is 4.74 Å². The van der Waals surface area contributed by atoms with E-state index >= 15 is 0 Å². The molecular weight excluding hydrogens is 410 g/mol. The maximum Gasteiger partial charge on any atom is 0.250 e. The summed E-state index contributed by atoms with van der Waals surface area (Å²) >= 11 is 0. The van der Waals surface area contributed by atoms with Gasteiger partial charge in [-0.2, -0.15) is 0 Å². The van der Waals surface area contributed by atoms with Crippen LogP contribution in [0.1, 0.15) is 38.2 Å². The summed E-state index contributed by atoms with van der Waals surface area (Å²) in [6.07, 6.45) is 3.45. The fourth-order valence-corrected chi connectivity index (χ4v) is 5.42. The Morgan fingerprint density at radius 2 is 2.09 bits per heavy atom. The van der Waals surface area contributed by atoms with E-state index in [0.29, 0.717) is 50.3 Å². The Bertz CT molecular complexity index is 988. The van der Waals surface area contributed by atoms with E-state index in [1.807, 2.05) is 24.3 Å². The smallest absolute Gasteiger partial charge is 0.250 e. The van der Waals surface area contributed by atoms with Gasteiger partial charge in [-0.05, 0) is 43.9 Å². The van der Waals surface area contributed by atoms with Gasteiger partial charge in [0.05, 0.1) is 30.1 Å². The largest absolute Gasteiger partial charge is 0.388 e. The van der Waals surface area contributed by atoms with Gasteiger partial charge >= 0.3 is 0 Å². The maximum atomic E-state index is 13.7. The van der Waals surface area contributed by atoms with Crippen LogP contribution in [-0.4, -0.2) is 76.6 Å². The van der Waals surface area contributed by atoms with Crippen LogP contribution in [0.5, 0.6) is 0 Å². The number of rotatable bonds is 2. The van der Waals surface area contributed by atoms with Crippen molar-refractivity contribution in [3.05, 3.63) is 35.4 Å². The first-order valence-corrected chi connectivity index (χ1v) is 11.3. The Hall–Kier alpha value is -2.71. The summed E-state index contributed by atoms with van der Waals surface area (Å²) in [4.78, 5) is 42.8. The Labute approximate surface area is 187 Å². The zero-order valence-electron chi connectivity index (χ0n) is 18.3. The first kappa shape index (κ1) is 21.2. The minimum absolute atomic E-state index is 0.00410. The number of carbonyl (C=O) groups is 3. The number of carbonyl (C=O) groups excluding carboxylic acids is 3. The third kappa shape index (κ3) is 3.93. The first-order chi connectivity index (χ1) is 15.3. The Balaban J connectivity index is 1.40. The molecule has 1 aromatic carbocycles. The number of benzene rings is 1. The van der Waals surface area contributed by atoms with E-state index in [1.165, 1.54) is 0 Å². The van der Waals surface area contributed by atoms with Crippen LogP contribution >= 0.6 is 0 Å². The summed E-state index contributed by atoms with van der Waals surface area (Å²) in [5.74, 6) is -0.840. The van der Waals surface area contributed by atoms with Crippen LogP contribution in [-0.2, 0) is 19.1 Å². The number of amides is 3. The number of hydrogen-bond donors (Lipinski definition) is 2. The second-order valence-corrected chi connectivity index (χ2v) is 9.64. The lowest BCUT2D eigenvalue weighted by atomic mass is 9.88. The normalized spacial score (nSPS) is 32.0. The van der Waals surface area contributed by atoms with Gasteiger partial charge in [0, 0.05) is 37.5 Å². The zero-order chi connectivity index (χ0) is 22.5. The van der Waals surface area contributed by atoms with Crippen LogP contribution < -0.4 is 5.32 Å². The second-order valence-electron chi connectivity index (χ2n) is 9.64. The number of aliphatic hydroxyl groups is 1. The van der Waals surface area contributed by atoms with Crippen LogP contribution in [0.3, 0.4) is 0 Å². The molecule has 0 aromatic heterocycles. The van der Waals surface area contributed by atoms with E-state index in [0.717, 1.165) is 12.0 Å². The van der Waals surface area contributed by atoms with Gasteiger partial charge in [-0.1, -0.05) is 18.2 Å².